The summed E-state index contributed by atoms with van der Waals surface area (Å²) in [4.78, 5) is 23.0. The molecule has 2 atom stereocenters. The van der Waals surface area contributed by atoms with Crippen molar-refractivity contribution in [2.45, 2.75) is 52.4 Å². The standard InChI is InChI=1S/C15H24O2/c1-4-14(16)9-12-6-5-7-13(8-12)10-15(17)11(2)3/h4,11-13H,1,5-10H2,2-3H3. The molecule has 0 aromatic rings. The largest absolute Gasteiger partial charge is 0.299 e. The predicted octanol–water partition coefficient (Wildman–Crippen LogP) is 3.55. The van der Waals surface area contributed by atoms with E-state index in [9.17, 15) is 9.59 Å². The van der Waals surface area contributed by atoms with Gasteiger partial charge < -0.3 is 0 Å². The van der Waals surface area contributed by atoms with Crippen LogP contribution in [0, 0.1) is 17.8 Å². The minimum Gasteiger partial charge on any atom is -0.299 e. The average Bonchev–Trinajstić information content (AvgIpc) is 2.29. The van der Waals surface area contributed by atoms with Gasteiger partial charge in [0.05, 0.1) is 0 Å². The summed E-state index contributed by atoms with van der Waals surface area (Å²) in [5.41, 5.74) is 0. The van der Waals surface area contributed by atoms with Crippen molar-refractivity contribution >= 4 is 11.6 Å². The number of hydrogen-bond donors (Lipinski definition) is 0. The Morgan fingerprint density at radius 1 is 1.24 bits per heavy atom. The molecule has 17 heavy (non-hydrogen) atoms. The summed E-state index contributed by atoms with van der Waals surface area (Å²) in [6.45, 7) is 7.44. The third-order valence-corrected chi connectivity index (χ3v) is 3.74. The molecule has 1 saturated carbocycles. The first-order valence-corrected chi connectivity index (χ1v) is 6.71. The zero-order valence-electron chi connectivity index (χ0n) is 11.1. The highest BCUT2D eigenvalue weighted by atomic mass is 16.1. The molecule has 0 N–H and O–H groups in total. The maximum absolute atomic E-state index is 11.7. The fourth-order valence-electron chi connectivity index (χ4n) is 2.66. The Bertz CT molecular complexity index is 291. The van der Waals surface area contributed by atoms with Crippen LogP contribution in [-0.4, -0.2) is 11.6 Å². The van der Waals surface area contributed by atoms with Crippen LogP contribution in [0.1, 0.15) is 52.4 Å². The molecule has 0 aromatic carbocycles. The lowest BCUT2D eigenvalue weighted by Crippen LogP contribution is -2.21. The van der Waals surface area contributed by atoms with Gasteiger partial charge in [-0.15, -0.1) is 0 Å². The van der Waals surface area contributed by atoms with Gasteiger partial charge >= 0.3 is 0 Å². The van der Waals surface area contributed by atoms with Crippen molar-refractivity contribution in [2.75, 3.05) is 0 Å². The van der Waals surface area contributed by atoms with Crippen LogP contribution in [0.15, 0.2) is 12.7 Å². The van der Waals surface area contributed by atoms with Crippen molar-refractivity contribution < 1.29 is 9.59 Å². The molecular formula is C15H24O2. The molecule has 0 saturated heterocycles. The molecule has 0 spiro atoms. The summed E-state index contributed by atoms with van der Waals surface area (Å²) in [6.07, 6.45) is 7.22. The van der Waals surface area contributed by atoms with Gasteiger partial charge in [-0.2, -0.15) is 0 Å². The van der Waals surface area contributed by atoms with Crippen LogP contribution >= 0.6 is 0 Å². The number of allylic oxidation sites excluding steroid dienone is 1. The van der Waals surface area contributed by atoms with E-state index in [2.05, 4.69) is 6.58 Å². The highest BCUT2D eigenvalue weighted by Gasteiger charge is 2.25. The summed E-state index contributed by atoms with van der Waals surface area (Å²) in [7, 11) is 0. The van der Waals surface area contributed by atoms with E-state index in [4.69, 9.17) is 0 Å². The first-order valence-electron chi connectivity index (χ1n) is 6.71. The van der Waals surface area contributed by atoms with E-state index >= 15 is 0 Å². The van der Waals surface area contributed by atoms with Gasteiger partial charge in [-0.1, -0.05) is 33.3 Å². The summed E-state index contributed by atoms with van der Waals surface area (Å²) in [5.74, 6) is 1.63. The first kappa shape index (κ1) is 14.1. The van der Waals surface area contributed by atoms with Crippen LogP contribution in [0.3, 0.4) is 0 Å². The lowest BCUT2D eigenvalue weighted by atomic mass is 9.76. The Labute approximate surface area is 104 Å². The summed E-state index contributed by atoms with van der Waals surface area (Å²) in [5, 5.41) is 0. The van der Waals surface area contributed by atoms with Gasteiger partial charge in [0.15, 0.2) is 5.78 Å². The Balaban J connectivity index is 2.41. The molecule has 0 radical (unpaired) electrons. The lowest BCUT2D eigenvalue weighted by Gasteiger charge is -2.28. The minimum absolute atomic E-state index is 0.144. The van der Waals surface area contributed by atoms with Crippen LogP contribution in [-0.2, 0) is 9.59 Å². The number of hydrogen-bond acceptors (Lipinski definition) is 2. The molecule has 2 nitrogen and oxygen atoms in total. The summed E-state index contributed by atoms with van der Waals surface area (Å²) < 4.78 is 0. The molecule has 1 rings (SSSR count). The van der Waals surface area contributed by atoms with Gasteiger partial charge in [0.2, 0.25) is 0 Å². The zero-order chi connectivity index (χ0) is 12.8. The van der Waals surface area contributed by atoms with Crippen molar-refractivity contribution in [3.05, 3.63) is 12.7 Å². The van der Waals surface area contributed by atoms with Crippen LogP contribution in [0.2, 0.25) is 0 Å². The second-order valence-corrected chi connectivity index (χ2v) is 5.60. The van der Waals surface area contributed by atoms with Crippen molar-refractivity contribution in [3.8, 4) is 0 Å². The molecule has 1 fully saturated rings. The van der Waals surface area contributed by atoms with E-state index in [0.717, 1.165) is 25.7 Å². The van der Waals surface area contributed by atoms with Crippen molar-refractivity contribution in [2.24, 2.45) is 17.8 Å². The second kappa shape index (κ2) is 6.73. The van der Waals surface area contributed by atoms with Crippen molar-refractivity contribution in [1.29, 1.82) is 0 Å². The van der Waals surface area contributed by atoms with Crippen LogP contribution in [0.4, 0.5) is 0 Å². The topological polar surface area (TPSA) is 34.1 Å². The van der Waals surface area contributed by atoms with Gasteiger partial charge in [0.25, 0.3) is 0 Å². The van der Waals surface area contributed by atoms with Crippen LogP contribution in [0.25, 0.3) is 0 Å². The molecule has 1 aliphatic rings. The summed E-state index contributed by atoms with van der Waals surface area (Å²) >= 11 is 0. The number of ketones is 2. The quantitative estimate of drug-likeness (QED) is 0.661. The van der Waals surface area contributed by atoms with Gasteiger partial charge in [-0.25, -0.2) is 0 Å². The molecule has 0 amide bonds. The molecule has 0 heterocycles. The number of carbonyl (C=O) groups excluding carboxylic acids is 2. The Morgan fingerprint density at radius 2 is 1.82 bits per heavy atom. The number of Topliss-reactive ketones (excluding diaryl/α,β-unsaturated/α-hetero) is 1. The normalized spacial score (nSPS) is 24.6. The monoisotopic (exact) mass is 236 g/mol. The first-order chi connectivity index (χ1) is 8.02. The van der Waals surface area contributed by atoms with E-state index in [-0.39, 0.29) is 11.7 Å². The lowest BCUT2D eigenvalue weighted by molar-refractivity contribution is -0.123. The molecule has 0 bridgehead atoms. The van der Waals surface area contributed by atoms with E-state index in [1.54, 1.807) is 0 Å². The Kier molecular flexibility index (Phi) is 5.60. The van der Waals surface area contributed by atoms with E-state index in [0.29, 0.717) is 30.5 Å². The Morgan fingerprint density at radius 3 is 2.35 bits per heavy atom. The zero-order valence-corrected chi connectivity index (χ0v) is 11.1. The molecule has 2 unspecified atom stereocenters. The molecular weight excluding hydrogens is 212 g/mol. The van der Waals surface area contributed by atoms with E-state index in [1.165, 1.54) is 6.08 Å². The number of rotatable bonds is 6. The number of carbonyl (C=O) groups is 2. The van der Waals surface area contributed by atoms with E-state index in [1.807, 2.05) is 13.8 Å². The second-order valence-electron chi connectivity index (χ2n) is 5.60. The predicted molar refractivity (Wildman–Crippen MR) is 69.7 cm³/mol. The van der Waals surface area contributed by atoms with Crippen LogP contribution in [0.5, 0.6) is 0 Å². The molecule has 0 aliphatic heterocycles. The molecule has 96 valence electrons. The molecule has 1 aliphatic carbocycles. The SMILES string of the molecule is C=CC(=O)CC1CCCC(CC(=O)C(C)C)C1. The summed E-state index contributed by atoms with van der Waals surface area (Å²) in [6, 6.07) is 0. The van der Waals surface area contributed by atoms with Gasteiger partial charge in [-0.3, -0.25) is 9.59 Å². The third-order valence-electron chi connectivity index (χ3n) is 3.74. The fraction of sp³-hybridized carbons (Fsp3) is 0.733. The van der Waals surface area contributed by atoms with Crippen molar-refractivity contribution in [3.63, 3.8) is 0 Å². The maximum Gasteiger partial charge on any atom is 0.155 e. The maximum atomic E-state index is 11.7. The van der Waals surface area contributed by atoms with Gasteiger partial charge in [0, 0.05) is 18.8 Å². The van der Waals surface area contributed by atoms with Gasteiger partial charge in [-0.05, 0) is 30.8 Å². The van der Waals surface area contributed by atoms with Gasteiger partial charge in [0.1, 0.15) is 5.78 Å². The van der Waals surface area contributed by atoms with Crippen LogP contribution < -0.4 is 0 Å². The fourth-order valence-corrected chi connectivity index (χ4v) is 2.66. The average molecular weight is 236 g/mol. The Hall–Kier alpha value is -0.920. The van der Waals surface area contributed by atoms with E-state index < -0.39 is 0 Å². The highest BCUT2D eigenvalue weighted by Crippen LogP contribution is 2.33. The van der Waals surface area contributed by atoms with Crippen molar-refractivity contribution in [1.82, 2.24) is 0 Å². The smallest absolute Gasteiger partial charge is 0.155 e. The highest BCUT2D eigenvalue weighted by molar-refractivity contribution is 5.89. The minimum atomic E-state index is 0.144. The third kappa shape index (κ3) is 4.84. The molecule has 0 aromatic heterocycles. The molecule has 2 heteroatoms.